The molecule has 0 atom stereocenters. The Morgan fingerprint density at radius 1 is 1.50 bits per heavy atom. The maximum atomic E-state index is 11.2. The molecule has 1 aromatic rings. The largest absolute Gasteiger partial charge is 0.396 e. The predicted octanol–water partition coefficient (Wildman–Crippen LogP) is 1.10. The molecule has 0 saturated carbocycles. The van der Waals surface area contributed by atoms with Crippen LogP contribution in [0.25, 0.3) is 0 Å². The number of aliphatic hydroxyl groups is 1. The van der Waals surface area contributed by atoms with Crippen LogP contribution in [0.4, 0.5) is 11.5 Å². The number of nitrogens with zero attached hydrogens (tertiary/aromatic N) is 4. The van der Waals surface area contributed by atoms with Crippen LogP contribution >= 0.6 is 0 Å². The molecule has 0 spiro atoms. The van der Waals surface area contributed by atoms with Gasteiger partial charge in [0, 0.05) is 26.7 Å². The molecule has 0 aromatic carbocycles. The number of nitro groups is 1. The summed E-state index contributed by atoms with van der Waals surface area (Å²) in [4.78, 5) is 12.7. The molecule has 0 aliphatic rings. The van der Waals surface area contributed by atoms with Crippen LogP contribution in [0.3, 0.4) is 0 Å². The van der Waals surface area contributed by atoms with Crippen molar-refractivity contribution in [1.29, 1.82) is 0 Å². The molecule has 0 unspecified atom stereocenters. The third kappa shape index (κ3) is 2.79. The van der Waals surface area contributed by atoms with Crippen LogP contribution in [0.5, 0.6) is 0 Å². The van der Waals surface area contributed by atoms with Gasteiger partial charge in [0.2, 0.25) is 5.82 Å². The summed E-state index contributed by atoms with van der Waals surface area (Å²) >= 11 is 0. The summed E-state index contributed by atoms with van der Waals surface area (Å²) in [5, 5.41) is 24.3. The molecule has 0 aliphatic carbocycles. The summed E-state index contributed by atoms with van der Waals surface area (Å²) in [6.07, 6.45) is 1.11. The van der Waals surface area contributed by atoms with E-state index in [-0.39, 0.29) is 17.2 Å². The summed E-state index contributed by atoms with van der Waals surface area (Å²) in [7, 11) is 1.71. The van der Waals surface area contributed by atoms with E-state index >= 15 is 0 Å². The molecule has 18 heavy (non-hydrogen) atoms. The van der Waals surface area contributed by atoms with Crippen LogP contribution in [-0.4, -0.2) is 39.5 Å². The number of anilines is 1. The minimum absolute atomic E-state index is 0.0722. The molecule has 1 N–H and O–H groups in total. The minimum Gasteiger partial charge on any atom is -0.396 e. The summed E-state index contributed by atoms with van der Waals surface area (Å²) in [6, 6.07) is 0. The van der Waals surface area contributed by atoms with Crippen molar-refractivity contribution in [3.63, 3.8) is 0 Å². The van der Waals surface area contributed by atoms with E-state index in [9.17, 15) is 10.1 Å². The van der Waals surface area contributed by atoms with Gasteiger partial charge in [0.05, 0.1) is 4.92 Å². The van der Waals surface area contributed by atoms with Crippen molar-refractivity contribution < 1.29 is 10.0 Å². The fraction of sp³-hybridized carbons (Fsp3) is 0.727. The van der Waals surface area contributed by atoms with Gasteiger partial charge in [0.15, 0.2) is 0 Å². The van der Waals surface area contributed by atoms with Crippen LogP contribution in [0.15, 0.2) is 0 Å². The quantitative estimate of drug-likeness (QED) is 0.583. The van der Waals surface area contributed by atoms with Gasteiger partial charge in [0.1, 0.15) is 5.69 Å². The Hall–Kier alpha value is -1.63. The first-order chi connectivity index (χ1) is 8.56. The summed E-state index contributed by atoms with van der Waals surface area (Å²) in [5.74, 6) is 0.521. The van der Waals surface area contributed by atoms with Gasteiger partial charge in [-0.25, -0.2) is 4.68 Å². The number of aromatic nitrogens is 2. The van der Waals surface area contributed by atoms with Crippen molar-refractivity contribution in [1.82, 2.24) is 9.78 Å². The highest BCUT2D eigenvalue weighted by atomic mass is 16.6. The van der Waals surface area contributed by atoms with Gasteiger partial charge in [-0.15, -0.1) is 0 Å². The number of hydrogen-bond donors (Lipinski definition) is 1. The Labute approximate surface area is 106 Å². The monoisotopic (exact) mass is 256 g/mol. The lowest BCUT2D eigenvalue weighted by Crippen LogP contribution is -2.27. The molecule has 102 valence electrons. The van der Waals surface area contributed by atoms with Crippen LogP contribution in [0.2, 0.25) is 0 Å². The first-order valence-electron chi connectivity index (χ1n) is 6.12. The van der Waals surface area contributed by atoms with Gasteiger partial charge in [-0.2, -0.15) is 5.10 Å². The second kappa shape index (κ2) is 6.34. The van der Waals surface area contributed by atoms with Crippen molar-refractivity contribution in [2.45, 2.75) is 26.7 Å². The first-order valence-corrected chi connectivity index (χ1v) is 6.12. The molecule has 0 fully saturated rings. The highest BCUT2D eigenvalue weighted by Gasteiger charge is 2.28. The molecule has 0 radical (unpaired) electrons. The van der Waals surface area contributed by atoms with Crippen LogP contribution < -0.4 is 4.90 Å². The van der Waals surface area contributed by atoms with Crippen LogP contribution in [0.1, 0.15) is 26.0 Å². The van der Waals surface area contributed by atoms with E-state index in [0.29, 0.717) is 37.4 Å². The van der Waals surface area contributed by atoms with Gasteiger partial charge in [-0.05, 0) is 19.8 Å². The summed E-state index contributed by atoms with van der Waals surface area (Å²) in [6.45, 7) is 5.08. The maximum absolute atomic E-state index is 11.2. The molecule has 1 heterocycles. The zero-order chi connectivity index (χ0) is 13.7. The normalized spacial score (nSPS) is 10.7. The van der Waals surface area contributed by atoms with E-state index < -0.39 is 0 Å². The van der Waals surface area contributed by atoms with E-state index in [4.69, 9.17) is 5.11 Å². The standard InChI is InChI=1S/C11H20N4O3/c1-4-9-10(15(17)18)11(13(3)12-9)14(5-2)7-6-8-16/h16H,4-8H2,1-3H3. The Bertz CT molecular complexity index is 417. The lowest BCUT2D eigenvalue weighted by Gasteiger charge is -2.21. The van der Waals surface area contributed by atoms with E-state index in [1.165, 1.54) is 0 Å². The Morgan fingerprint density at radius 3 is 2.61 bits per heavy atom. The number of aliphatic hydroxyl groups excluding tert-OH is 1. The number of hydrogen-bond acceptors (Lipinski definition) is 5. The Kier molecular flexibility index (Phi) is 5.08. The fourth-order valence-electron chi connectivity index (χ4n) is 2.01. The van der Waals surface area contributed by atoms with Gasteiger partial charge >= 0.3 is 5.69 Å². The van der Waals surface area contributed by atoms with Gasteiger partial charge in [-0.1, -0.05) is 6.92 Å². The Balaban J connectivity index is 3.19. The predicted molar refractivity (Wildman–Crippen MR) is 68.8 cm³/mol. The van der Waals surface area contributed by atoms with Crippen molar-refractivity contribution in [2.75, 3.05) is 24.6 Å². The molecular formula is C11H20N4O3. The molecule has 0 amide bonds. The topological polar surface area (TPSA) is 84.4 Å². The lowest BCUT2D eigenvalue weighted by molar-refractivity contribution is -0.384. The molecule has 0 bridgehead atoms. The van der Waals surface area contributed by atoms with E-state index in [2.05, 4.69) is 5.10 Å². The molecule has 7 heteroatoms. The third-order valence-corrected chi connectivity index (χ3v) is 2.85. The molecule has 0 saturated heterocycles. The van der Waals surface area contributed by atoms with Gasteiger partial charge in [0.25, 0.3) is 0 Å². The Morgan fingerprint density at radius 2 is 2.17 bits per heavy atom. The average Bonchev–Trinajstić information content (AvgIpc) is 2.68. The first kappa shape index (κ1) is 14.4. The highest BCUT2D eigenvalue weighted by molar-refractivity contribution is 5.61. The summed E-state index contributed by atoms with van der Waals surface area (Å²) in [5.41, 5.74) is 0.583. The number of rotatable bonds is 7. The second-order valence-corrected chi connectivity index (χ2v) is 4.01. The van der Waals surface area contributed by atoms with Crippen LogP contribution in [-0.2, 0) is 13.5 Å². The average molecular weight is 256 g/mol. The third-order valence-electron chi connectivity index (χ3n) is 2.85. The SMILES string of the molecule is CCc1nn(C)c(N(CC)CCCO)c1[N+](=O)[O-]. The molecule has 7 nitrogen and oxygen atoms in total. The van der Waals surface area contributed by atoms with Crippen molar-refractivity contribution >= 4 is 11.5 Å². The highest BCUT2D eigenvalue weighted by Crippen LogP contribution is 2.31. The van der Waals surface area contributed by atoms with Gasteiger partial charge < -0.3 is 10.0 Å². The van der Waals surface area contributed by atoms with E-state index in [0.717, 1.165) is 0 Å². The minimum atomic E-state index is -0.372. The molecule has 1 aromatic heterocycles. The van der Waals surface area contributed by atoms with Crippen molar-refractivity contribution in [3.8, 4) is 0 Å². The van der Waals surface area contributed by atoms with E-state index in [1.807, 2.05) is 18.7 Å². The number of aryl methyl sites for hydroxylation is 2. The zero-order valence-corrected chi connectivity index (χ0v) is 11.1. The van der Waals surface area contributed by atoms with Crippen molar-refractivity contribution in [3.05, 3.63) is 15.8 Å². The second-order valence-electron chi connectivity index (χ2n) is 4.01. The molecule has 0 aliphatic heterocycles. The molecular weight excluding hydrogens is 236 g/mol. The summed E-state index contributed by atoms with van der Waals surface area (Å²) < 4.78 is 1.55. The zero-order valence-electron chi connectivity index (χ0n) is 11.1. The maximum Gasteiger partial charge on any atom is 0.334 e. The fourth-order valence-corrected chi connectivity index (χ4v) is 2.01. The van der Waals surface area contributed by atoms with Gasteiger partial charge in [-0.3, -0.25) is 10.1 Å². The van der Waals surface area contributed by atoms with E-state index in [1.54, 1.807) is 11.7 Å². The smallest absolute Gasteiger partial charge is 0.334 e. The van der Waals surface area contributed by atoms with Crippen LogP contribution in [0, 0.1) is 10.1 Å². The van der Waals surface area contributed by atoms with Crippen molar-refractivity contribution in [2.24, 2.45) is 7.05 Å². The molecule has 1 rings (SSSR count). The lowest BCUT2D eigenvalue weighted by atomic mass is 10.2.